The quantitative estimate of drug-likeness (QED) is 0.257. The SMILES string of the molecule is CNCCSc1nnc(C(=O)[C@H](CC(C)(C)C)NC(=O)C2CCCCCC2)o1.Cl. The molecule has 1 aliphatic rings. The third-order valence-electron chi connectivity index (χ3n) is 4.87. The van der Waals surface area contributed by atoms with Crippen molar-refractivity contribution in [3.63, 3.8) is 0 Å². The van der Waals surface area contributed by atoms with Crippen LogP contribution >= 0.6 is 24.2 Å². The molecule has 0 unspecified atom stereocenters. The lowest BCUT2D eigenvalue weighted by Crippen LogP contribution is -2.45. The van der Waals surface area contributed by atoms with E-state index in [-0.39, 0.29) is 41.3 Å². The summed E-state index contributed by atoms with van der Waals surface area (Å²) in [6, 6.07) is -0.647. The Labute approximate surface area is 184 Å². The molecule has 2 N–H and O–H groups in total. The summed E-state index contributed by atoms with van der Waals surface area (Å²) in [4.78, 5) is 25.8. The van der Waals surface area contributed by atoms with Gasteiger partial charge < -0.3 is 15.1 Å². The van der Waals surface area contributed by atoms with Crippen molar-refractivity contribution in [1.29, 1.82) is 0 Å². The van der Waals surface area contributed by atoms with E-state index < -0.39 is 6.04 Å². The van der Waals surface area contributed by atoms with E-state index in [4.69, 9.17) is 4.42 Å². The Morgan fingerprint density at radius 2 is 1.83 bits per heavy atom. The van der Waals surface area contributed by atoms with Crippen LogP contribution in [0.2, 0.25) is 0 Å². The van der Waals surface area contributed by atoms with Gasteiger partial charge >= 0.3 is 0 Å². The summed E-state index contributed by atoms with van der Waals surface area (Å²) in [5.41, 5.74) is -0.124. The van der Waals surface area contributed by atoms with Gasteiger partial charge in [0.05, 0.1) is 6.04 Å². The molecule has 0 aliphatic heterocycles. The van der Waals surface area contributed by atoms with Crippen LogP contribution in [0.4, 0.5) is 0 Å². The second-order valence-electron chi connectivity index (χ2n) is 8.70. The maximum atomic E-state index is 13.0. The standard InChI is InChI=1S/C20H34N4O3S.ClH/c1-20(2,3)13-15(22-17(26)14-9-7-5-6-8-10-14)16(25)18-23-24-19(27-18)28-12-11-21-4;/h14-15,21H,5-13H2,1-4H3,(H,22,26);1H/t15-;/m0./s1. The molecule has 0 spiro atoms. The van der Waals surface area contributed by atoms with Crippen molar-refractivity contribution < 1.29 is 14.0 Å². The van der Waals surface area contributed by atoms with Gasteiger partial charge in [-0.15, -0.1) is 22.6 Å². The van der Waals surface area contributed by atoms with Crippen LogP contribution in [-0.4, -0.2) is 47.3 Å². The van der Waals surface area contributed by atoms with Crippen molar-refractivity contribution in [3.05, 3.63) is 5.89 Å². The minimum absolute atomic E-state index is 0. The van der Waals surface area contributed by atoms with E-state index in [9.17, 15) is 9.59 Å². The van der Waals surface area contributed by atoms with Gasteiger partial charge in [-0.05, 0) is 31.7 Å². The molecule has 0 radical (unpaired) electrons. The van der Waals surface area contributed by atoms with Crippen molar-refractivity contribution in [1.82, 2.24) is 20.8 Å². The van der Waals surface area contributed by atoms with Gasteiger partial charge in [-0.1, -0.05) is 58.2 Å². The summed E-state index contributed by atoms with van der Waals surface area (Å²) in [5.74, 6) is 0.420. The van der Waals surface area contributed by atoms with E-state index in [1.54, 1.807) is 0 Å². The van der Waals surface area contributed by atoms with Gasteiger partial charge in [0.1, 0.15) is 0 Å². The molecule has 166 valence electrons. The number of halogens is 1. The fourth-order valence-electron chi connectivity index (χ4n) is 3.41. The van der Waals surface area contributed by atoms with E-state index in [1.807, 2.05) is 7.05 Å². The maximum absolute atomic E-state index is 13.0. The lowest BCUT2D eigenvalue weighted by molar-refractivity contribution is -0.126. The molecular weight excluding hydrogens is 412 g/mol. The molecule has 1 atom stereocenters. The summed E-state index contributed by atoms with van der Waals surface area (Å²) < 4.78 is 5.55. The molecular formula is C20H35ClN4O3S. The molecule has 1 aliphatic carbocycles. The third-order valence-corrected chi connectivity index (χ3v) is 5.69. The zero-order chi connectivity index (χ0) is 20.6. The highest BCUT2D eigenvalue weighted by Crippen LogP contribution is 2.26. The molecule has 1 heterocycles. The molecule has 7 nitrogen and oxygen atoms in total. The Balaban J connectivity index is 0.00000420. The van der Waals surface area contributed by atoms with E-state index in [0.717, 1.165) is 38.0 Å². The van der Waals surface area contributed by atoms with Crippen LogP contribution in [0.25, 0.3) is 0 Å². The molecule has 1 saturated carbocycles. The minimum atomic E-state index is -0.647. The largest absolute Gasteiger partial charge is 0.408 e. The number of hydrogen-bond donors (Lipinski definition) is 2. The smallest absolute Gasteiger partial charge is 0.286 e. The Morgan fingerprint density at radius 3 is 2.41 bits per heavy atom. The molecule has 1 aromatic heterocycles. The Hall–Kier alpha value is -1.12. The second-order valence-corrected chi connectivity index (χ2v) is 9.75. The molecule has 1 fully saturated rings. The van der Waals surface area contributed by atoms with E-state index in [2.05, 4.69) is 41.6 Å². The molecule has 0 saturated heterocycles. The number of ketones is 1. The number of aromatic nitrogens is 2. The number of thioether (sulfide) groups is 1. The molecule has 9 heteroatoms. The van der Waals surface area contributed by atoms with Gasteiger partial charge in [0.15, 0.2) is 0 Å². The number of Topliss-reactive ketones (excluding diaryl/α,β-unsaturated/α-hetero) is 1. The first-order chi connectivity index (χ1) is 13.3. The highest BCUT2D eigenvalue weighted by Gasteiger charge is 2.32. The van der Waals surface area contributed by atoms with E-state index >= 15 is 0 Å². The van der Waals surface area contributed by atoms with Gasteiger partial charge in [0.2, 0.25) is 11.7 Å². The zero-order valence-corrected chi connectivity index (χ0v) is 19.6. The molecule has 1 amide bonds. The van der Waals surface area contributed by atoms with E-state index in [1.165, 1.54) is 24.6 Å². The third kappa shape index (κ3) is 9.05. The van der Waals surface area contributed by atoms with Gasteiger partial charge in [0, 0.05) is 18.2 Å². The van der Waals surface area contributed by atoms with Crippen LogP contribution in [0.1, 0.15) is 76.4 Å². The number of nitrogens with one attached hydrogen (secondary N) is 2. The number of rotatable bonds is 9. The molecule has 0 aromatic carbocycles. The lowest BCUT2D eigenvalue weighted by atomic mass is 9.86. The Morgan fingerprint density at radius 1 is 1.17 bits per heavy atom. The molecule has 2 rings (SSSR count). The van der Waals surface area contributed by atoms with Gasteiger partial charge in [-0.25, -0.2) is 0 Å². The van der Waals surface area contributed by atoms with Gasteiger partial charge in [-0.3, -0.25) is 9.59 Å². The second kappa shape index (κ2) is 12.5. The summed E-state index contributed by atoms with van der Waals surface area (Å²) in [6.45, 7) is 6.97. The fourth-order valence-corrected chi connectivity index (χ4v) is 4.13. The van der Waals surface area contributed by atoms with Crippen molar-refractivity contribution in [3.8, 4) is 0 Å². The lowest BCUT2D eigenvalue weighted by Gasteiger charge is -2.26. The molecule has 1 aromatic rings. The van der Waals surface area contributed by atoms with Crippen LogP contribution in [0, 0.1) is 11.3 Å². The van der Waals surface area contributed by atoms with Crippen LogP contribution in [0.3, 0.4) is 0 Å². The van der Waals surface area contributed by atoms with Crippen LogP contribution in [0.15, 0.2) is 9.64 Å². The normalized spacial score (nSPS) is 16.6. The first kappa shape index (κ1) is 25.9. The average Bonchev–Trinajstić information content (AvgIpc) is 2.92. The Kier molecular flexibility index (Phi) is 11.2. The number of carbonyl (C=O) groups is 2. The predicted octanol–water partition coefficient (Wildman–Crippen LogP) is 3.88. The van der Waals surface area contributed by atoms with E-state index in [0.29, 0.717) is 11.6 Å². The molecule has 29 heavy (non-hydrogen) atoms. The van der Waals surface area contributed by atoms with Gasteiger partial charge in [-0.2, -0.15) is 0 Å². The highest BCUT2D eigenvalue weighted by molar-refractivity contribution is 7.99. The molecule has 0 bridgehead atoms. The summed E-state index contributed by atoms with van der Waals surface area (Å²) in [6.07, 6.45) is 6.84. The number of hydrogen-bond acceptors (Lipinski definition) is 7. The highest BCUT2D eigenvalue weighted by atomic mass is 35.5. The number of amides is 1. The van der Waals surface area contributed by atoms with Gasteiger partial charge in [0.25, 0.3) is 11.1 Å². The summed E-state index contributed by atoms with van der Waals surface area (Å²) >= 11 is 1.40. The predicted molar refractivity (Wildman–Crippen MR) is 118 cm³/mol. The zero-order valence-electron chi connectivity index (χ0n) is 18.0. The fraction of sp³-hybridized carbons (Fsp3) is 0.800. The van der Waals surface area contributed by atoms with Crippen LogP contribution in [-0.2, 0) is 4.79 Å². The van der Waals surface area contributed by atoms with Crippen molar-refractivity contribution in [2.45, 2.75) is 77.0 Å². The summed E-state index contributed by atoms with van der Waals surface area (Å²) in [5, 5.41) is 14.3. The van der Waals surface area contributed by atoms with Crippen LogP contribution in [0.5, 0.6) is 0 Å². The Bertz CT molecular complexity index is 640. The number of nitrogens with zero attached hydrogens (tertiary/aromatic N) is 2. The first-order valence-electron chi connectivity index (χ1n) is 10.3. The monoisotopic (exact) mass is 446 g/mol. The van der Waals surface area contributed by atoms with Crippen molar-refractivity contribution >= 4 is 35.9 Å². The maximum Gasteiger partial charge on any atom is 0.286 e. The summed E-state index contributed by atoms with van der Waals surface area (Å²) in [7, 11) is 1.87. The van der Waals surface area contributed by atoms with Crippen molar-refractivity contribution in [2.75, 3.05) is 19.3 Å². The minimum Gasteiger partial charge on any atom is -0.408 e. The topological polar surface area (TPSA) is 97.1 Å². The first-order valence-corrected chi connectivity index (χ1v) is 11.2. The number of carbonyl (C=O) groups excluding carboxylic acids is 2. The van der Waals surface area contributed by atoms with Crippen molar-refractivity contribution in [2.24, 2.45) is 11.3 Å². The van der Waals surface area contributed by atoms with Crippen LogP contribution < -0.4 is 10.6 Å². The average molecular weight is 447 g/mol.